The van der Waals surface area contributed by atoms with E-state index < -0.39 is 0 Å². The maximum atomic E-state index is 4.15. The van der Waals surface area contributed by atoms with Crippen LogP contribution >= 0.6 is 11.5 Å². The molecule has 0 amide bonds. The number of hydrogen-bond donors (Lipinski definition) is 1. The molecule has 0 bridgehead atoms. The predicted molar refractivity (Wildman–Crippen MR) is 58.6 cm³/mol. The molecule has 1 fully saturated rings. The average molecular weight is 212 g/mol. The second-order valence-corrected chi connectivity index (χ2v) is 4.35. The topological polar surface area (TPSA) is 41.1 Å². The zero-order chi connectivity index (χ0) is 9.97. The van der Waals surface area contributed by atoms with Crippen molar-refractivity contribution in [2.75, 3.05) is 18.9 Å². The van der Waals surface area contributed by atoms with Crippen LogP contribution in [0.25, 0.3) is 0 Å². The Labute approximate surface area is 88.5 Å². The van der Waals surface area contributed by atoms with Crippen LogP contribution in [-0.2, 0) is 6.54 Å². The van der Waals surface area contributed by atoms with Gasteiger partial charge in [0.05, 0.1) is 0 Å². The Morgan fingerprint density at radius 1 is 1.57 bits per heavy atom. The number of hydrogen-bond acceptors (Lipinski definition) is 5. The molecule has 1 aromatic rings. The molecule has 5 heteroatoms. The van der Waals surface area contributed by atoms with Crippen molar-refractivity contribution in [1.29, 1.82) is 0 Å². The van der Waals surface area contributed by atoms with Crippen LogP contribution in [0.2, 0.25) is 0 Å². The highest BCUT2D eigenvalue weighted by atomic mass is 32.1. The Bertz CT molecular complexity index is 295. The molecule has 1 N–H and O–H groups in total. The van der Waals surface area contributed by atoms with Crippen molar-refractivity contribution < 1.29 is 0 Å². The fourth-order valence-corrected chi connectivity index (χ4v) is 2.16. The number of nitrogens with one attached hydrogen (secondary N) is 1. The van der Waals surface area contributed by atoms with E-state index in [1.54, 1.807) is 0 Å². The highest BCUT2D eigenvalue weighted by Gasteiger charge is 2.28. The summed E-state index contributed by atoms with van der Waals surface area (Å²) in [6.07, 6.45) is 2.70. The lowest BCUT2D eigenvalue weighted by Gasteiger charge is -2.18. The smallest absolute Gasteiger partial charge is 0.134 e. The van der Waals surface area contributed by atoms with Crippen LogP contribution in [0.15, 0.2) is 0 Å². The molecular formula is C9H16N4S. The molecule has 0 spiro atoms. The monoisotopic (exact) mass is 212 g/mol. The molecule has 0 atom stereocenters. The van der Waals surface area contributed by atoms with Gasteiger partial charge in [-0.05, 0) is 19.4 Å². The molecule has 0 radical (unpaired) electrons. The summed E-state index contributed by atoms with van der Waals surface area (Å²) in [6.45, 7) is 4.25. The Morgan fingerprint density at radius 3 is 2.93 bits per heavy atom. The molecule has 0 unspecified atom stereocenters. The van der Waals surface area contributed by atoms with E-state index in [4.69, 9.17) is 0 Å². The molecular weight excluding hydrogens is 196 g/mol. The van der Waals surface area contributed by atoms with Gasteiger partial charge in [-0.3, -0.25) is 4.90 Å². The predicted octanol–water partition coefficient (Wildman–Crippen LogP) is 1.56. The number of aromatic nitrogens is 2. The van der Waals surface area contributed by atoms with E-state index in [1.807, 2.05) is 7.05 Å². The van der Waals surface area contributed by atoms with Crippen molar-refractivity contribution in [2.24, 2.45) is 0 Å². The molecule has 1 aromatic heterocycles. The van der Waals surface area contributed by atoms with E-state index in [0.29, 0.717) is 0 Å². The maximum absolute atomic E-state index is 4.15. The highest BCUT2D eigenvalue weighted by Crippen LogP contribution is 2.29. The SMILES string of the molecule is CCN(Cc1nnsc1NC)C1CC1. The van der Waals surface area contributed by atoms with E-state index >= 15 is 0 Å². The first-order chi connectivity index (χ1) is 6.85. The second-order valence-electron chi connectivity index (χ2n) is 3.59. The first-order valence-electron chi connectivity index (χ1n) is 5.08. The summed E-state index contributed by atoms with van der Waals surface area (Å²) in [5.74, 6) is 0. The van der Waals surface area contributed by atoms with Gasteiger partial charge in [-0.15, -0.1) is 5.10 Å². The van der Waals surface area contributed by atoms with E-state index in [9.17, 15) is 0 Å². The van der Waals surface area contributed by atoms with Gasteiger partial charge in [0, 0.05) is 31.2 Å². The molecule has 0 aromatic carbocycles. The Hall–Kier alpha value is -0.680. The van der Waals surface area contributed by atoms with Crippen molar-refractivity contribution in [3.8, 4) is 0 Å². The number of rotatable bonds is 5. The van der Waals surface area contributed by atoms with Gasteiger partial charge in [0.2, 0.25) is 0 Å². The van der Waals surface area contributed by atoms with Gasteiger partial charge in [0.25, 0.3) is 0 Å². The van der Waals surface area contributed by atoms with Crippen LogP contribution in [0.1, 0.15) is 25.5 Å². The summed E-state index contributed by atoms with van der Waals surface area (Å²) in [5, 5.41) is 8.38. The van der Waals surface area contributed by atoms with Gasteiger partial charge < -0.3 is 5.32 Å². The first kappa shape index (κ1) is 9.86. The van der Waals surface area contributed by atoms with Crippen molar-refractivity contribution in [2.45, 2.75) is 32.4 Å². The second kappa shape index (κ2) is 4.23. The van der Waals surface area contributed by atoms with Gasteiger partial charge in [-0.25, -0.2) is 0 Å². The summed E-state index contributed by atoms with van der Waals surface area (Å²) >= 11 is 1.44. The molecule has 1 aliphatic carbocycles. The minimum Gasteiger partial charge on any atom is -0.377 e. The van der Waals surface area contributed by atoms with Crippen LogP contribution < -0.4 is 5.32 Å². The Kier molecular flexibility index (Phi) is 2.98. The van der Waals surface area contributed by atoms with Gasteiger partial charge >= 0.3 is 0 Å². The third-order valence-corrected chi connectivity index (χ3v) is 3.39. The van der Waals surface area contributed by atoms with E-state index in [-0.39, 0.29) is 0 Å². The standard InChI is InChI=1S/C9H16N4S/c1-3-13(7-4-5-7)6-8-9(10-2)14-12-11-8/h7,10H,3-6H2,1-2H3. The average Bonchev–Trinajstić information content (AvgIpc) is 2.95. The van der Waals surface area contributed by atoms with Gasteiger partial charge in [0.1, 0.15) is 10.7 Å². The molecule has 0 aliphatic heterocycles. The van der Waals surface area contributed by atoms with Crippen LogP contribution in [0.5, 0.6) is 0 Å². The quantitative estimate of drug-likeness (QED) is 0.804. The summed E-state index contributed by atoms with van der Waals surface area (Å²) in [4.78, 5) is 2.47. The molecule has 1 heterocycles. The van der Waals surface area contributed by atoms with Gasteiger partial charge in [0.15, 0.2) is 0 Å². The third-order valence-electron chi connectivity index (χ3n) is 2.61. The maximum Gasteiger partial charge on any atom is 0.134 e. The molecule has 78 valence electrons. The summed E-state index contributed by atoms with van der Waals surface area (Å²) < 4.78 is 3.96. The Morgan fingerprint density at radius 2 is 2.36 bits per heavy atom. The van der Waals surface area contributed by atoms with Crippen molar-refractivity contribution in [1.82, 2.24) is 14.5 Å². The zero-order valence-electron chi connectivity index (χ0n) is 8.66. The third kappa shape index (κ3) is 2.04. The minimum atomic E-state index is 0.798. The van der Waals surface area contributed by atoms with Crippen LogP contribution in [-0.4, -0.2) is 34.1 Å². The van der Waals surface area contributed by atoms with Crippen molar-refractivity contribution in [3.05, 3.63) is 5.69 Å². The molecule has 2 rings (SSSR count). The van der Waals surface area contributed by atoms with Crippen LogP contribution in [0, 0.1) is 0 Å². The number of anilines is 1. The fraction of sp³-hybridized carbons (Fsp3) is 0.778. The van der Waals surface area contributed by atoms with Gasteiger partial charge in [-0.2, -0.15) is 0 Å². The minimum absolute atomic E-state index is 0.798. The zero-order valence-corrected chi connectivity index (χ0v) is 9.47. The molecule has 14 heavy (non-hydrogen) atoms. The van der Waals surface area contributed by atoms with Crippen molar-refractivity contribution in [3.63, 3.8) is 0 Å². The summed E-state index contributed by atoms with van der Waals surface area (Å²) in [7, 11) is 1.92. The fourth-order valence-electron chi connectivity index (χ4n) is 1.63. The highest BCUT2D eigenvalue weighted by molar-refractivity contribution is 7.10. The molecule has 1 saturated carbocycles. The molecule has 0 saturated heterocycles. The Balaban J connectivity index is 2.00. The van der Waals surface area contributed by atoms with Crippen LogP contribution in [0.4, 0.5) is 5.00 Å². The summed E-state index contributed by atoms with van der Waals surface area (Å²) in [5.41, 5.74) is 1.09. The van der Waals surface area contributed by atoms with Crippen molar-refractivity contribution >= 4 is 16.5 Å². The summed E-state index contributed by atoms with van der Waals surface area (Å²) in [6, 6.07) is 0.798. The largest absolute Gasteiger partial charge is 0.377 e. The number of nitrogens with zero attached hydrogens (tertiary/aromatic N) is 3. The lowest BCUT2D eigenvalue weighted by Crippen LogP contribution is -2.25. The van der Waals surface area contributed by atoms with Crippen LogP contribution in [0.3, 0.4) is 0 Å². The molecule has 4 nitrogen and oxygen atoms in total. The molecule has 1 aliphatic rings. The van der Waals surface area contributed by atoms with Gasteiger partial charge in [-0.1, -0.05) is 11.4 Å². The first-order valence-corrected chi connectivity index (χ1v) is 5.85. The van der Waals surface area contributed by atoms with E-state index in [2.05, 4.69) is 26.7 Å². The van der Waals surface area contributed by atoms with E-state index in [0.717, 1.165) is 29.8 Å². The van der Waals surface area contributed by atoms with E-state index in [1.165, 1.54) is 24.4 Å². The lowest BCUT2D eigenvalue weighted by molar-refractivity contribution is 0.266. The lowest BCUT2D eigenvalue weighted by atomic mass is 10.4. The normalized spacial score (nSPS) is 16.2.